The zero-order chi connectivity index (χ0) is 13.8. The highest BCUT2D eigenvalue weighted by atomic mass is 16.2. The fourth-order valence-corrected chi connectivity index (χ4v) is 1.85. The Morgan fingerprint density at radius 2 is 1.79 bits per heavy atom. The maximum absolute atomic E-state index is 12.2. The van der Waals surface area contributed by atoms with E-state index in [2.05, 4.69) is 24.0 Å². The Morgan fingerprint density at radius 1 is 1.11 bits per heavy atom. The van der Waals surface area contributed by atoms with Crippen LogP contribution in [0.15, 0.2) is 42.6 Å². The van der Waals surface area contributed by atoms with Gasteiger partial charge in [0, 0.05) is 25.5 Å². The van der Waals surface area contributed by atoms with Gasteiger partial charge in [0.2, 0.25) is 0 Å². The van der Waals surface area contributed by atoms with Crippen molar-refractivity contribution in [1.29, 1.82) is 0 Å². The van der Waals surface area contributed by atoms with Crippen LogP contribution in [0.5, 0.6) is 0 Å². The predicted octanol–water partition coefficient (Wildman–Crippen LogP) is 2.97. The standard InChI is InChI=1S/C16H18N2O/c1-12-4-7-14(8-5-12)11-18(3)16(19)15-9-6-13(2)17-10-15/h4-10H,11H2,1-3H3. The van der Waals surface area contributed by atoms with Crippen LogP contribution < -0.4 is 0 Å². The van der Waals surface area contributed by atoms with Crippen LogP contribution in [0.1, 0.15) is 27.2 Å². The number of aromatic nitrogens is 1. The van der Waals surface area contributed by atoms with Crippen LogP contribution in [-0.2, 0) is 6.54 Å². The zero-order valence-corrected chi connectivity index (χ0v) is 11.6. The van der Waals surface area contributed by atoms with E-state index in [1.54, 1.807) is 11.1 Å². The molecule has 0 atom stereocenters. The molecule has 98 valence electrons. The molecule has 0 spiro atoms. The first-order chi connectivity index (χ1) is 9.06. The summed E-state index contributed by atoms with van der Waals surface area (Å²) in [6, 6.07) is 11.9. The second kappa shape index (κ2) is 5.65. The molecule has 0 bridgehead atoms. The van der Waals surface area contributed by atoms with E-state index >= 15 is 0 Å². The fraction of sp³-hybridized carbons (Fsp3) is 0.250. The molecule has 1 aromatic heterocycles. The van der Waals surface area contributed by atoms with Gasteiger partial charge in [0.05, 0.1) is 5.56 Å². The lowest BCUT2D eigenvalue weighted by Gasteiger charge is -2.17. The van der Waals surface area contributed by atoms with Gasteiger partial charge in [0.1, 0.15) is 0 Å². The molecule has 0 aliphatic rings. The van der Waals surface area contributed by atoms with Crippen molar-refractivity contribution in [3.05, 3.63) is 65.0 Å². The van der Waals surface area contributed by atoms with Crippen molar-refractivity contribution in [3.63, 3.8) is 0 Å². The number of rotatable bonds is 3. The topological polar surface area (TPSA) is 33.2 Å². The average molecular weight is 254 g/mol. The SMILES string of the molecule is Cc1ccc(CN(C)C(=O)c2ccc(C)nc2)cc1. The molecular weight excluding hydrogens is 236 g/mol. The van der Waals surface area contributed by atoms with Crippen LogP contribution in [-0.4, -0.2) is 22.8 Å². The van der Waals surface area contributed by atoms with E-state index in [4.69, 9.17) is 0 Å². The first-order valence-corrected chi connectivity index (χ1v) is 6.30. The molecule has 1 amide bonds. The molecule has 0 N–H and O–H groups in total. The van der Waals surface area contributed by atoms with Gasteiger partial charge in [-0.05, 0) is 31.5 Å². The summed E-state index contributed by atoms with van der Waals surface area (Å²) in [5.74, 6) is -0.00641. The Balaban J connectivity index is 2.07. The predicted molar refractivity (Wildman–Crippen MR) is 76.0 cm³/mol. The molecule has 0 unspecified atom stereocenters. The van der Waals surface area contributed by atoms with Crippen molar-refractivity contribution in [3.8, 4) is 0 Å². The third-order valence-corrected chi connectivity index (χ3v) is 3.05. The van der Waals surface area contributed by atoms with Gasteiger partial charge < -0.3 is 4.90 Å². The first-order valence-electron chi connectivity index (χ1n) is 6.30. The van der Waals surface area contributed by atoms with E-state index in [0.717, 1.165) is 11.3 Å². The number of carbonyl (C=O) groups is 1. The lowest BCUT2D eigenvalue weighted by atomic mass is 10.1. The summed E-state index contributed by atoms with van der Waals surface area (Å²) in [5.41, 5.74) is 3.89. The minimum absolute atomic E-state index is 0.00641. The van der Waals surface area contributed by atoms with E-state index in [1.165, 1.54) is 5.56 Å². The van der Waals surface area contributed by atoms with Crippen molar-refractivity contribution < 1.29 is 4.79 Å². The van der Waals surface area contributed by atoms with Gasteiger partial charge in [-0.25, -0.2) is 0 Å². The monoisotopic (exact) mass is 254 g/mol. The highest BCUT2D eigenvalue weighted by Crippen LogP contribution is 2.09. The van der Waals surface area contributed by atoms with Gasteiger partial charge in [-0.15, -0.1) is 0 Å². The van der Waals surface area contributed by atoms with E-state index in [-0.39, 0.29) is 5.91 Å². The molecule has 0 aliphatic carbocycles. The number of nitrogens with zero attached hydrogens (tertiary/aromatic N) is 2. The number of aryl methyl sites for hydroxylation is 2. The van der Waals surface area contributed by atoms with Gasteiger partial charge in [-0.1, -0.05) is 29.8 Å². The number of hydrogen-bond acceptors (Lipinski definition) is 2. The maximum Gasteiger partial charge on any atom is 0.255 e. The van der Waals surface area contributed by atoms with Gasteiger partial charge in [-0.2, -0.15) is 0 Å². The van der Waals surface area contributed by atoms with Crippen LogP contribution in [0.3, 0.4) is 0 Å². The summed E-state index contributed by atoms with van der Waals surface area (Å²) in [4.78, 5) is 18.1. The smallest absolute Gasteiger partial charge is 0.255 e. The van der Waals surface area contributed by atoms with Crippen LogP contribution in [0.2, 0.25) is 0 Å². The number of amides is 1. The Kier molecular flexibility index (Phi) is 3.95. The molecule has 3 nitrogen and oxygen atoms in total. The molecule has 3 heteroatoms. The molecule has 1 heterocycles. The number of benzene rings is 1. The summed E-state index contributed by atoms with van der Waals surface area (Å²) < 4.78 is 0. The lowest BCUT2D eigenvalue weighted by Crippen LogP contribution is -2.26. The third-order valence-electron chi connectivity index (χ3n) is 3.05. The lowest BCUT2D eigenvalue weighted by molar-refractivity contribution is 0.0784. The molecular formula is C16H18N2O. The molecule has 0 radical (unpaired) electrons. The molecule has 2 rings (SSSR count). The van der Waals surface area contributed by atoms with Gasteiger partial charge >= 0.3 is 0 Å². The quantitative estimate of drug-likeness (QED) is 0.843. The van der Waals surface area contributed by atoms with Crippen LogP contribution in [0.4, 0.5) is 0 Å². The normalized spacial score (nSPS) is 10.3. The summed E-state index contributed by atoms with van der Waals surface area (Å²) in [5, 5.41) is 0. The van der Waals surface area contributed by atoms with Crippen LogP contribution >= 0.6 is 0 Å². The van der Waals surface area contributed by atoms with Gasteiger partial charge in [-0.3, -0.25) is 9.78 Å². The first kappa shape index (κ1) is 13.3. The molecule has 1 aromatic carbocycles. The number of pyridine rings is 1. The van der Waals surface area contributed by atoms with Gasteiger partial charge in [0.25, 0.3) is 5.91 Å². The second-order valence-corrected chi connectivity index (χ2v) is 4.84. The summed E-state index contributed by atoms with van der Waals surface area (Å²) in [6.07, 6.45) is 1.63. The molecule has 2 aromatic rings. The van der Waals surface area contributed by atoms with Crippen molar-refractivity contribution >= 4 is 5.91 Å². The minimum Gasteiger partial charge on any atom is -0.337 e. The van der Waals surface area contributed by atoms with Gasteiger partial charge in [0.15, 0.2) is 0 Å². The highest BCUT2D eigenvalue weighted by Gasteiger charge is 2.12. The zero-order valence-electron chi connectivity index (χ0n) is 11.6. The maximum atomic E-state index is 12.2. The highest BCUT2D eigenvalue weighted by molar-refractivity contribution is 5.93. The molecule has 0 aliphatic heterocycles. The fourth-order valence-electron chi connectivity index (χ4n) is 1.85. The van der Waals surface area contributed by atoms with Crippen molar-refractivity contribution in [1.82, 2.24) is 9.88 Å². The van der Waals surface area contributed by atoms with E-state index in [1.807, 2.05) is 38.2 Å². The summed E-state index contributed by atoms with van der Waals surface area (Å²) in [7, 11) is 1.81. The number of hydrogen-bond donors (Lipinski definition) is 0. The Morgan fingerprint density at radius 3 is 2.37 bits per heavy atom. The van der Waals surface area contributed by atoms with Crippen LogP contribution in [0, 0.1) is 13.8 Å². The Labute approximate surface area is 113 Å². The largest absolute Gasteiger partial charge is 0.337 e. The summed E-state index contributed by atoms with van der Waals surface area (Å²) >= 11 is 0. The second-order valence-electron chi connectivity index (χ2n) is 4.84. The molecule has 0 saturated heterocycles. The van der Waals surface area contributed by atoms with E-state index in [9.17, 15) is 4.79 Å². The summed E-state index contributed by atoms with van der Waals surface area (Å²) in [6.45, 7) is 4.56. The molecule has 19 heavy (non-hydrogen) atoms. The average Bonchev–Trinajstić information content (AvgIpc) is 2.41. The number of carbonyl (C=O) groups excluding carboxylic acids is 1. The van der Waals surface area contributed by atoms with E-state index < -0.39 is 0 Å². The molecule has 0 fully saturated rings. The van der Waals surface area contributed by atoms with Crippen molar-refractivity contribution in [2.24, 2.45) is 0 Å². The Hall–Kier alpha value is -2.16. The van der Waals surface area contributed by atoms with Crippen LogP contribution in [0.25, 0.3) is 0 Å². The third kappa shape index (κ3) is 3.41. The van der Waals surface area contributed by atoms with Crippen molar-refractivity contribution in [2.75, 3.05) is 7.05 Å². The Bertz CT molecular complexity index is 558. The molecule has 0 saturated carbocycles. The van der Waals surface area contributed by atoms with E-state index in [0.29, 0.717) is 12.1 Å². The van der Waals surface area contributed by atoms with Crippen molar-refractivity contribution in [2.45, 2.75) is 20.4 Å². The minimum atomic E-state index is -0.00641.